The van der Waals surface area contributed by atoms with Gasteiger partial charge in [-0.2, -0.15) is 5.26 Å². The van der Waals surface area contributed by atoms with Crippen molar-refractivity contribution in [3.63, 3.8) is 0 Å². The van der Waals surface area contributed by atoms with Crippen LogP contribution in [0.5, 0.6) is 0 Å². The molecule has 0 aliphatic heterocycles. The Bertz CT molecular complexity index is 126. The number of rotatable bonds is 2. The molecule has 0 radical (unpaired) electrons. The molecule has 2 nitrogen and oxygen atoms in total. The fourth-order valence-corrected chi connectivity index (χ4v) is 0.205. The first-order valence-electron chi connectivity index (χ1n) is 2.82. The van der Waals surface area contributed by atoms with Crippen molar-refractivity contribution in [1.29, 1.82) is 5.26 Å². The van der Waals surface area contributed by atoms with Gasteiger partial charge in [0.05, 0.1) is 6.07 Å². The Morgan fingerprint density at radius 1 is 1.70 bits per heavy atom. The molecule has 0 N–H and O–H groups in total. The van der Waals surface area contributed by atoms with E-state index in [4.69, 9.17) is 16.9 Å². The second kappa shape index (κ2) is 15.7. The summed E-state index contributed by atoms with van der Waals surface area (Å²) in [7, 11) is 0. The van der Waals surface area contributed by atoms with Gasteiger partial charge in [-0.25, -0.2) is 0 Å². The van der Waals surface area contributed by atoms with Crippen molar-refractivity contribution in [2.75, 3.05) is 5.88 Å². The van der Waals surface area contributed by atoms with Crippen LogP contribution in [0.15, 0.2) is 12.2 Å². The van der Waals surface area contributed by atoms with Crippen LogP contribution in [0.1, 0.15) is 13.3 Å². The van der Waals surface area contributed by atoms with Gasteiger partial charge in [0.2, 0.25) is 0 Å². The number of halogens is 1. The molecular weight excluding hydrogens is 150 g/mol. The summed E-state index contributed by atoms with van der Waals surface area (Å²) in [5.74, 6) is 0.455. The number of carbonyl (C=O) groups is 1. The lowest BCUT2D eigenvalue weighted by Crippen LogP contribution is -1.60. The predicted molar refractivity (Wildman–Crippen MR) is 41.8 cm³/mol. The predicted octanol–water partition coefficient (Wildman–Crippen LogP) is 1.90. The highest BCUT2D eigenvalue weighted by Gasteiger charge is 1.67. The summed E-state index contributed by atoms with van der Waals surface area (Å²) in [6, 6.07) is 1.89. The average molecular weight is 160 g/mol. The summed E-state index contributed by atoms with van der Waals surface area (Å²) in [5.41, 5.74) is 0. The summed E-state index contributed by atoms with van der Waals surface area (Å²) in [4.78, 5) is 9.32. The molecule has 0 aromatic heterocycles. The fraction of sp³-hybridized carbons (Fsp3) is 0.429. The lowest BCUT2D eigenvalue weighted by atomic mass is 10.6. The van der Waals surface area contributed by atoms with E-state index in [-0.39, 0.29) is 0 Å². The van der Waals surface area contributed by atoms with Gasteiger partial charge in [0, 0.05) is 12.3 Å². The zero-order chi connectivity index (χ0) is 8.24. The fourth-order valence-electron chi connectivity index (χ4n) is 0.121. The Labute approximate surface area is 66.1 Å². The number of alkyl halides is 1. The lowest BCUT2D eigenvalue weighted by Gasteiger charge is -1.63. The van der Waals surface area contributed by atoms with E-state index in [1.54, 1.807) is 13.0 Å². The van der Waals surface area contributed by atoms with Gasteiger partial charge in [-0.15, -0.1) is 11.6 Å². The van der Waals surface area contributed by atoms with E-state index in [1.807, 2.05) is 6.07 Å². The molecule has 0 unspecified atom stereocenters. The van der Waals surface area contributed by atoms with E-state index in [1.165, 1.54) is 6.08 Å². The van der Waals surface area contributed by atoms with Gasteiger partial charge in [-0.05, 0) is 13.0 Å². The molecule has 0 aliphatic carbocycles. The normalized spacial score (nSPS) is 7.70. The van der Waals surface area contributed by atoms with Crippen LogP contribution in [-0.2, 0) is 4.79 Å². The Kier molecular flexibility index (Phi) is 18.7. The largest absolute Gasteiger partial charge is 0.299 e. The van der Waals surface area contributed by atoms with Crippen LogP contribution in [-0.4, -0.2) is 12.2 Å². The molecule has 3 heteroatoms. The molecule has 10 heavy (non-hydrogen) atoms. The number of carbonyl (C=O) groups excluding carboxylic acids is 1. The van der Waals surface area contributed by atoms with E-state index in [0.717, 1.165) is 6.29 Å². The first-order chi connectivity index (χ1) is 4.83. The van der Waals surface area contributed by atoms with Gasteiger partial charge in [0.1, 0.15) is 6.29 Å². The average Bonchev–Trinajstić information content (AvgIpc) is 1.93. The van der Waals surface area contributed by atoms with Crippen LogP contribution >= 0.6 is 11.6 Å². The molecule has 0 aromatic rings. The smallest absolute Gasteiger partial charge is 0.142 e. The summed E-state index contributed by atoms with van der Waals surface area (Å²) >= 11 is 5.08. The maximum Gasteiger partial charge on any atom is 0.142 e. The zero-order valence-electron chi connectivity index (χ0n) is 5.88. The highest BCUT2D eigenvalue weighted by molar-refractivity contribution is 6.17. The Morgan fingerprint density at radius 2 is 2.30 bits per heavy atom. The minimum absolute atomic E-state index is 0.455. The third-order valence-electron chi connectivity index (χ3n) is 0.477. The standard InChI is InChI=1S/C4H6O.C3H4ClN/c1-2-3-4-5;4-2-1-3-5/h2-4H,1H3;1-2H2. The molecule has 0 fully saturated rings. The quantitative estimate of drug-likeness (QED) is 0.351. The summed E-state index contributed by atoms with van der Waals surface area (Å²) in [6.45, 7) is 1.80. The van der Waals surface area contributed by atoms with Crippen LogP contribution in [0, 0.1) is 11.3 Å². The molecule has 0 bridgehead atoms. The topological polar surface area (TPSA) is 40.9 Å². The van der Waals surface area contributed by atoms with Gasteiger partial charge >= 0.3 is 0 Å². The molecule has 0 atom stereocenters. The second-order valence-corrected chi connectivity index (χ2v) is 1.64. The van der Waals surface area contributed by atoms with Crippen molar-refractivity contribution >= 4 is 17.9 Å². The van der Waals surface area contributed by atoms with Crippen LogP contribution in [0.3, 0.4) is 0 Å². The third kappa shape index (κ3) is 27.1. The Morgan fingerprint density at radius 3 is 2.30 bits per heavy atom. The molecule has 0 amide bonds. The molecule has 0 aromatic carbocycles. The molecule has 0 saturated carbocycles. The van der Waals surface area contributed by atoms with E-state index in [9.17, 15) is 4.79 Å². The first kappa shape index (κ1) is 11.9. The summed E-state index contributed by atoms with van der Waals surface area (Å²) in [6.07, 6.45) is 4.34. The Hall–Kier alpha value is -0.810. The van der Waals surface area contributed by atoms with E-state index < -0.39 is 0 Å². The van der Waals surface area contributed by atoms with E-state index >= 15 is 0 Å². The molecule has 56 valence electrons. The molecule has 0 aliphatic rings. The van der Waals surface area contributed by atoms with E-state index in [2.05, 4.69) is 0 Å². The highest BCUT2D eigenvalue weighted by Crippen LogP contribution is 1.76. The molecule has 0 spiro atoms. The highest BCUT2D eigenvalue weighted by atomic mass is 35.5. The molecule has 0 saturated heterocycles. The van der Waals surface area contributed by atoms with Gasteiger partial charge in [-0.1, -0.05) is 6.08 Å². The van der Waals surface area contributed by atoms with Crippen molar-refractivity contribution in [2.45, 2.75) is 13.3 Å². The van der Waals surface area contributed by atoms with Gasteiger partial charge in [0.25, 0.3) is 0 Å². The maximum atomic E-state index is 9.32. The third-order valence-corrected chi connectivity index (χ3v) is 0.666. The van der Waals surface area contributed by atoms with Crippen molar-refractivity contribution < 1.29 is 4.79 Å². The lowest BCUT2D eigenvalue weighted by molar-refractivity contribution is -0.104. The minimum atomic E-state index is 0.455. The number of aldehydes is 1. The van der Waals surface area contributed by atoms with Gasteiger partial charge in [0.15, 0.2) is 0 Å². The monoisotopic (exact) mass is 159 g/mol. The molecule has 0 rings (SSSR count). The SMILES string of the molecule is CC=CC=O.N#CCCCl. The maximum absolute atomic E-state index is 9.32. The minimum Gasteiger partial charge on any atom is -0.299 e. The molecular formula is C7H10ClNO. The van der Waals surface area contributed by atoms with Crippen molar-refractivity contribution in [3.05, 3.63) is 12.2 Å². The van der Waals surface area contributed by atoms with Gasteiger partial charge in [-0.3, -0.25) is 4.79 Å². The number of hydrogen-bond acceptors (Lipinski definition) is 2. The number of hydrogen-bond donors (Lipinski definition) is 0. The van der Waals surface area contributed by atoms with Crippen LogP contribution < -0.4 is 0 Å². The zero-order valence-corrected chi connectivity index (χ0v) is 6.64. The van der Waals surface area contributed by atoms with Gasteiger partial charge < -0.3 is 0 Å². The summed E-state index contributed by atoms with van der Waals surface area (Å²) in [5, 5.41) is 7.73. The Balaban J connectivity index is 0. The van der Waals surface area contributed by atoms with Crippen molar-refractivity contribution in [2.24, 2.45) is 0 Å². The number of allylic oxidation sites excluding steroid dienone is 2. The van der Waals surface area contributed by atoms with Crippen LogP contribution in [0.25, 0.3) is 0 Å². The van der Waals surface area contributed by atoms with Crippen molar-refractivity contribution in [3.8, 4) is 6.07 Å². The first-order valence-corrected chi connectivity index (χ1v) is 3.36. The van der Waals surface area contributed by atoms with E-state index in [0.29, 0.717) is 12.3 Å². The second-order valence-electron chi connectivity index (χ2n) is 1.26. The van der Waals surface area contributed by atoms with Crippen molar-refractivity contribution in [1.82, 2.24) is 0 Å². The summed E-state index contributed by atoms with van der Waals surface area (Å²) < 4.78 is 0. The number of nitrogens with zero attached hydrogens (tertiary/aromatic N) is 1. The number of nitriles is 1. The molecule has 0 heterocycles. The van der Waals surface area contributed by atoms with Crippen LogP contribution in [0.2, 0.25) is 0 Å². The van der Waals surface area contributed by atoms with Crippen LogP contribution in [0.4, 0.5) is 0 Å².